The average molecular weight is 323 g/mol. The number of aryl methyl sites for hydroxylation is 2. The third-order valence-electron chi connectivity index (χ3n) is 4.12. The van der Waals surface area contributed by atoms with Gasteiger partial charge in [0, 0.05) is 36.4 Å². The van der Waals surface area contributed by atoms with E-state index in [4.69, 9.17) is 4.74 Å². The van der Waals surface area contributed by atoms with Crippen LogP contribution >= 0.6 is 0 Å². The summed E-state index contributed by atoms with van der Waals surface area (Å²) in [5.41, 5.74) is 2.45. The molecule has 5 nitrogen and oxygen atoms in total. The second-order valence-electron chi connectivity index (χ2n) is 6.16. The van der Waals surface area contributed by atoms with Crippen LogP contribution in [0.4, 0.5) is 0 Å². The standard InChI is InChI=1S/C19H21N3O2/c1-13(11-22-10-9-20-15(22)3)12-24-19(23)17-7-6-14(2)18-16(17)5-4-8-21-18/h4-10,13H,11-12H2,1-3H3. The molecule has 24 heavy (non-hydrogen) atoms. The lowest BCUT2D eigenvalue weighted by molar-refractivity contribution is 0.0440. The van der Waals surface area contributed by atoms with E-state index in [1.807, 2.05) is 44.3 Å². The van der Waals surface area contributed by atoms with Crippen molar-refractivity contribution in [1.29, 1.82) is 0 Å². The van der Waals surface area contributed by atoms with Gasteiger partial charge in [-0.3, -0.25) is 4.98 Å². The van der Waals surface area contributed by atoms with Crippen LogP contribution in [0.5, 0.6) is 0 Å². The molecule has 0 bridgehead atoms. The summed E-state index contributed by atoms with van der Waals surface area (Å²) in [6, 6.07) is 7.46. The first-order valence-electron chi connectivity index (χ1n) is 8.05. The molecule has 0 aliphatic heterocycles. The van der Waals surface area contributed by atoms with Gasteiger partial charge in [-0.15, -0.1) is 0 Å². The van der Waals surface area contributed by atoms with E-state index in [2.05, 4.69) is 21.5 Å². The summed E-state index contributed by atoms with van der Waals surface area (Å²) in [6.07, 6.45) is 5.45. The van der Waals surface area contributed by atoms with Crippen LogP contribution in [0.15, 0.2) is 42.9 Å². The Morgan fingerprint density at radius 3 is 2.79 bits per heavy atom. The van der Waals surface area contributed by atoms with Crippen molar-refractivity contribution in [3.63, 3.8) is 0 Å². The summed E-state index contributed by atoms with van der Waals surface area (Å²) in [6.45, 7) is 7.15. The highest BCUT2D eigenvalue weighted by molar-refractivity contribution is 6.04. The van der Waals surface area contributed by atoms with E-state index >= 15 is 0 Å². The average Bonchev–Trinajstić information content (AvgIpc) is 2.98. The molecule has 3 rings (SSSR count). The van der Waals surface area contributed by atoms with Gasteiger partial charge in [0.25, 0.3) is 0 Å². The van der Waals surface area contributed by atoms with Gasteiger partial charge in [-0.05, 0) is 31.5 Å². The predicted molar refractivity (Wildman–Crippen MR) is 92.9 cm³/mol. The molecule has 2 heterocycles. The Morgan fingerprint density at radius 1 is 1.21 bits per heavy atom. The van der Waals surface area contributed by atoms with Crippen LogP contribution in [0.1, 0.15) is 28.7 Å². The van der Waals surface area contributed by atoms with Crippen molar-refractivity contribution in [2.24, 2.45) is 5.92 Å². The van der Waals surface area contributed by atoms with Crippen LogP contribution in [-0.2, 0) is 11.3 Å². The van der Waals surface area contributed by atoms with E-state index in [-0.39, 0.29) is 11.9 Å². The van der Waals surface area contributed by atoms with E-state index in [0.717, 1.165) is 28.8 Å². The van der Waals surface area contributed by atoms with Gasteiger partial charge in [-0.1, -0.05) is 19.1 Å². The van der Waals surface area contributed by atoms with Gasteiger partial charge in [0.1, 0.15) is 5.82 Å². The Labute approximate surface area is 141 Å². The number of nitrogens with zero attached hydrogens (tertiary/aromatic N) is 3. The maximum Gasteiger partial charge on any atom is 0.338 e. The second kappa shape index (κ2) is 6.83. The van der Waals surface area contributed by atoms with E-state index in [1.54, 1.807) is 12.4 Å². The van der Waals surface area contributed by atoms with E-state index in [0.29, 0.717) is 12.2 Å². The summed E-state index contributed by atoms with van der Waals surface area (Å²) in [7, 11) is 0. The number of aromatic nitrogens is 3. The Bertz CT molecular complexity index is 870. The zero-order valence-electron chi connectivity index (χ0n) is 14.2. The molecule has 1 aromatic carbocycles. The summed E-state index contributed by atoms with van der Waals surface area (Å²) >= 11 is 0. The number of carbonyl (C=O) groups is 1. The van der Waals surface area contributed by atoms with Gasteiger partial charge in [-0.2, -0.15) is 0 Å². The molecule has 124 valence electrons. The fraction of sp³-hybridized carbons (Fsp3) is 0.316. The van der Waals surface area contributed by atoms with Crippen molar-refractivity contribution < 1.29 is 9.53 Å². The maximum atomic E-state index is 12.5. The monoisotopic (exact) mass is 323 g/mol. The number of esters is 1. The molecule has 0 N–H and O–H groups in total. The number of fused-ring (bicyclic) bond motifs is 1. The number of pyridine rings is 1. The first-order chi connectivity index (χ1) is 11.6. The van der Waals surface area contributed by atoms with Crippen LogP contribution in [-0.4, -0.2) is 27.1 Å². The minimum Gasteiger partial charge on any atom is -0.462 e. The summed E-state index contributed by atoms with van der Waals surface area (Å²) in [5.74, 6) is 0.864. The largest absolute Gasteiger partial charge is 0.462 e. The molecule has 0 fully saturated rings. The van der Waals surface area contributed by atoms with Crippen molar-refractivity contribution in [1.82, 2.24) is 14.5 Å². The van der Waals surface area contributed by atoms with Crippen LogP contribution in [0.25, 0.3) is 10.9 Å². The molecule has 0 amide bonds. The normalized spacial score (nSPS) is 12.3. The molecule has 3 aromatic rings. The molecule has 1 atom stereocenters. The van der Waals surface area contributed by atoms with Gasteiger partial charge in [0.2, 0.25) is 0 Å². The van der Waals surface area contributed by atoms with Gasteiger partial charge in [0.05, 0.1) is 17.7 Å². The van der Waals surface area contributed by atoms with Crippen molar-refractivity contribution in [2.45, 2.75) is 27.3 Å². The van der Waals surface area contributed by atoms with Crippen molar-refractivity contribution in [3.8, 4) is 0 Å². The fourth-order valence-electron chi connectivity index (χ4n) is 2.77. The van der Waals surface area contributed by atoms with Gasteiger partial charge >= 0.3 is 5.97 Å². The number of benzene rings is 1. The summed E-state index contributed by atoms with van der Waals surface area (Å²) in [5, 5.41) is 0.834. The molecule has 0 aliphatic carbocycles. The third kappa shape index (κ3) is 3.30. The molecule has 1 unspecified atom stereocenters. The Balaban J connectivity index is 1.69. The fourth-order valence-corrected chi connectivity index (χ4v) is 2.77. The molecule has 0 saturated heterocycles. The van der Waals surface area contributed by atoms with Crippen molar-refractivity contribution >= 4 is 16.9 Å². The highest BCUT2D eigenvalue weighted by Gasteiger charge is 2.15. The van der Waals surface area contributed by atoms with Gasteiger partial charge < -0.3 is 9.30 Å². The lowest BCUT2D eigenvalue weighted by Crippen LogP contribution is -2.17. The SMILES string of the molecule is Cc1ccc(C(=O)OCC(C)Cn2ccnc2C)c2cccnc12. The van der Waals surface area contributed by atoms with Gasteiger partial charge in [0.15, 0.2) is 0 Å². The van der Waals surface area contributed by atoms with Crippen LogP contribution in [0.2, 0.25) is 0 Å². The quantitative estimate of drug-likeness (QED) is 0.674. The van der Waals surface area contributed by atoms with Crippen molar-refractivity contribution in [2.75, 3.05) is 6.61 Å². The highest BCUT2D eigenvalue weighted by Crippen LogP contribution is 2.21. The zero-order valence-corrected chi connectivity index (χ0v) is 14.2. The number of hydrogen-bond donors (Lipinski definition) is 0. The lowest BCUT2D eigenvalue weighted by Gasteiger charge is -2.14. The van der Waals surface area contributed by atoms with Gasteiger partial charge in [-0.25, -0.2) is 9.78 Å². The third-order valence-corrected chi connectivity index (χ3v) is 4.12. The Morgan fingerprint density at radius 2 is 2.04 bits per heavy atom. The first-order valence-corrected chi connectivity index (χ1v) is 8.05. The topological polar surface area (TPSA) is 57.0 Å². The number of rotatable bonds is 5. The van der Waals surface area contributed by atoms with E-state index in [1.165, 1.54) is 0 Å². The first kappa shape index (κ1) is 16.2. The maximum absolute atomic E-state index is 12.5. The molecular formula is C19H21N3O2. The molecule has 5 heteroatoms. The second-order valence-corrected chi connectivity index (χ2v) is 6.16. The van der Waals surface area contributed by atoms with Crippen LogP contribution in [0.3, 0.4) is 0 Å². The minimum atomic E-state index is -0.304. The minimum absolute atomic E-state index is 0.205. The summed E-state index contributed by atoms with van der Waals surface area (Å²) < 4.78 is 7.59. The number of hydrogen-bond acceptors (Lipinski definition) is 4. The van der Waals surface area contributed by atoms with E-state index in [9.17, 15) is 4.79 Å². The number of ether oxygens (including phenoxy) is 1. The summed E-state index contributed by atoms with van der Waals surface area (Å²) in [4.78, 5) is 21.0. The molecule has 0 aliphatic rings. The molecule has 0 spiro atoms. The zero-order chi connectivity index (χ0) is 17.1. The molecule has 0 radical (unpaired) electrons. The van der Waals surface area contributed by atoms with Crippen LogP contribution < -0.4 is 0 Å². The smallest absolute Gasteiger partial charge is 0.338 e. The molecule has 2 aromatic heterocycles. The number of carbonyl (C=O) groups excluding carboxylic acids is 1. The Kier molecular flexibility index (Phi) is 4.60. The van der Waals surface area contributed by atoms with E-state index < -0.39 is 0 Å². The number of imidazole rings is 1. The van der Waals surface area contributed by atoms with Crippen LogP contribution in [0, 0.1) is 19.8 Å². The van der Waals surface area contributed by atoms with Crippen molar-refractivity contribution in [3.05, 3.63) is 59.8 Å². The highest BCUT2D eigenvalue weighted by atomic mass is 16.5. The predicted octanol–water partition coefficient (Wildman–Crippen LogP) is 3.54. The molecular weight excluding hydrogens is 302 g/mol. The molecule has 0 saturated carbocycles. The Hall–Kier alpha value is -2.69. The lowest BCUT2D eigenvalue weighted by atomic mass is 10.0.